The van der Waals surface area contributed by atoms with E-state index in [1.54, 1.807) is 0 Å². The van der Waals surface area contributed by atoms with Crippen LogP contribution in [0.1, 0.15) is 18.4 Å². The number of rotatable bonds is 4. The molecule has 2 fully saturated rings. The molecule has 0 spiro atoms. The van der Waals surface area contributed by atoms with E-state index >= 15 is 0 Å². The Morgan fingerprint density at radius 2 is 1.50 bits per heavy atom. The SMILES string of the molecule is O=C1C2CC=CCC2C(=O)N1C1CN(S(=O)(=O)Cc2ccc(F)cc2)C1. The van der Waals surface area contributed by atoms with Crippen molar-refractivity contribution in [3.05, 3.63) is 47.8 Å². The number of sulfonamides is 1. The maximum absolute atomic E-state index is 12.9. The highest BCUT2D eigenvalue weighted by atomic mass is 32.2. The normalized spacial score (nSPS) is 26.9. The Bertz CT molecular complexity index is 849. The highest BCUT2D eigenvalue weighted by Gasteiger charge is 2.53. The van der Waals surface area contributed by atoms with E-state index in [2.05, 4.69) is 0 Å². The quantitative estimate of drug-likeness (QED) is 0.585. The fourth-order valence-electron chi connectivity index (χ4n) is 3.88. The molecule has 138 valence electrons. The lowest BCUT2D eigenvalue weighted by Gasteiger charge is -2.42. The summed E-state index contributed by atoms with van der Waals surface area (Å²) in [7, 11) is -3.56. The molecule has 1 aliphatic carbocycles. The van der Waals surface area contributed by atoms with Crippen LogP contribution in [0.4, 0.5) is 4.39 Å². The number of carbonyl (C=O) groups is 2. The Kier molecular flexibility index (Phi) is 4.19. The molecule has 8 heteroatoms. The van der Waals surface area contributed by atoms with Gasteiger partial charge in [0.15, 0.2) is 0 Å². The number of carbonyl (C=O) groups excluding carboxylic acids is 2. The van der Waals surface area contributed by atoms with Gasteiger partial charge >= 0.3 is 0 Å². The van der Waals surface area contributed by atoms with Crippen LogP contribution in [0.15, 0.2) is 36.4 Å². The molecule has 3 aliphatic rings. The van der Waals surface area contributed by atoms with E-state index in [-0.39, 0.29) is 48.5 Å². The minimum atomic E-state index is -3.56. The molecule has 2 saturated heterocycles. The van der Waals surface area contributed by atoms with Crippen LogP contribution in [0.25, 0.3) is 0 Å². The summed E-state index contributed by atoms with van der Waals surface area (Å²) >= 11 is 0. The minimum Gasteiger partial charge on any atom is -0.276 e. The summed E-state index contributed by atoms with van der Waals surface area (Å²) in [5.41, 5.74) is 0.500. The Labute approximate surface area is 151 Å². The number of fused-ring (bicyclic) bond motifs is 1. The van der Waals surface area contributed by atoms with Crippen molar-refractivity contribution >= 4 is 21.8 Å². The number of benzene rings is 1. The molecule has 0 radical (unpaired) electrons. The molecule has 2 unspecified atom stereocenters. The second-order valence-corrected chi connectivity index (χ2v) is 9.02. The summed E-state index contributed by atoms with van der Waals surface area (Å²) in [6.45, 7) is 0.266. The highest BCUT2D eigenvalue weighted by Crippen LogP contribution is 2.38. The van der Waals surface area contributed by atoms with Crippen LogP contribution >= 0.6 is 0 Å². The van der Waals surface area contributed by atoms with Gasteiger partial charge in [-0.25, -0.2) is 12.8 Å². The molecule has 2 atom stereocenters. The number of halogens is 1. The first-order valence-electron chi connectivity index (χ1n) is 8.61. The topological polar surface area (TPSA) is 74.8 Å². The molecule has 2 amide bonds. The van der Waals surface area contributed by atoms with Gasteiger partial charge in [0, 0.05) is 13.1 Å². The summed E-state index contributed by atoms with van der Waals surface area (Å²) in [6, 6.07) is 4.94. The van der Waals surface area contributed by atoms with Crippen molar-refractivity contribution < 1.29 is 22.4 Å². The van der Waals surface area contributed by atoms with E-state index in [1.807, 2.05) is 12.2 Å². The van der Waals surface area contributed by atoms with Gasteiger partial charge in [-0.1, -0.05) is 24.3 Å². The fraction of sp³-hybridized carbons (Fsp3) is 0.444. The van der Waals surface area contributed by atoms with Gasteiger partial charge in [0.1, 0.15) is 5.82 Å². The molecule has 0 bridgehead atoms. The standard InChI is InChI=1S/C18H19FN2O4S/c19-13-7-5-12(6-8-13)11-26(24,25)20-9-14(10-20)21-17(22)15-3-1-2-4-16(15)18(21)23/h1-2,5-8,14-16H,3-4,9-11H2. The average Bonchev–Trinajstić information content (AvgIpc) is 2.81. The average molecular weight is 378 g/mol. The predicted molar refractivity (Wildman–Crippen MR) is 91.6 cm³/mol. The van der Waals surface area contributed by atoms with Crippen molar-refractivity contribution in [2.24, 2.45) is 11.8 Å². The Morgan fingerprint density at radius 3 is 2.04 bits per heavy atom. The Hall–Kier alpha value is -2.06. The summed E-state index contributed by atoms with van der Waals surface area (Å²) in [6.07, 6.45) is 5.00. The van der Waals surface area contributed by atoms with Gasteiger partial charge in [-0.2, -0.15) is 4.31 Å². The number of amides is 2. The largest absolute Gasteiger partial charge is 0.276 e. The lowest BCUT2D eigenvalue weighted by molar-refractivity contribution is -0.145. The van der Waals surface area contributed by atoms with Gasteiger partial charge in [-0.3, -0.25) is 14.5 Å². The van der Waals surface area contributed by atoms with Crippen LogP contribution in [-0.2, 0) is 25.4 Å². The monoisotopic (exact) mass is 378 g/mol. The molecule has 2 heterocycles. The first-order valence-corrected chi connectivity index (χ1v) is 10.2. The third-order valence-electron chi connectivity index (χ3n) is 5.39. The van der Waals surface area contributed by atoms with E-state index < -0.39 is 15.8 Å². The summed E-state index contributed by atoms with van der Waals surface area (Å²) < 4.78 is 39.2. The molecule has 0 saturated carbocycles. The van der Waals surface area contributed by atoms with Crippen molar-refractivity contribution in [2.45, 2.75) is 24.6 Å². The van der Waals surface area contributed by atoms with Crippen molar-refractivity contribution in [3.8, 4) is 0 Å². The molecule has 26 heavy (non-hydrogen) atoms. The molecule has 1 aromatic carbocycles. The van der Waals surface area contributed by atoms with Gasteiger partial charge < -0.3 is 0 Å². The molecule has 4 rings (SSSR count). The maximum Gasteiger partial charge on any atom is 0.233 e. The number of imide groups is 1. The fourth-order valence-corrected chi connectivity index (χ4v) is 5.47. The number of allylic oxidation sites excluding steroid dienone is 2. The lowest BCUT2D eigenvalue weighted by atomic mass is 9.85. The second-order valence-electron chi connectivity index (χ2n) is 7.06. The predicted octanol–water partition coefficient (Wildman–Crippen LogP) is 1.29. The summed E-state index contributed by atoms with van der Waals surface area (Å²) in [5, 5.41) is 0. The molecule has 0 aromatic heterocycles. The van der Waals surface area contributed by atoms with Crippen molar-refractivity contribution in [1.82, 2.24) is 9.21 Å². The first kappa shape index (κ1) is 17.4. The van der Waals surface area contributed by atoms with Crippen LogP contribution < -0.4 is 0 Å². The number of hydrogen-bond acceptors (Lipinski definition) is 4. The molecular weight excluding hydrogens is 359 g/mol. The molecule has 6 nitrogen and oxygen atoms in total. The Morgan fingerprint density at radius 1 is 0.962 bits per heavy atom. The van der Waals surface area contributed by atoms with E-state index in [1.165, 1.54) is 33.5 Å². The lowest BCUT2D eigenvalue weighted by Crippen LogP contribution is -2.62. The minimum absolute atomic E-state index is 0.133. The number of likely N-dealkylation sites (tertiary alicyclic amines) is 1. The molecule has 2 aliphatic heterocycles. The zero-order valence-electron chi connectivity index (χ0n) is 14.0. The van der Waals surface area contributed by atoms with Crippen LogP contribution in [0, 0.1) is 17.7 Å². The number of nitrogens with zero attached hydrogens (tertiary/aromatic N) is 2. The van der Waals surface area contributed by atoms with Gasteiger partial charge in [0.05, 0.1) is 23.6 Å². The number of hydrogen-bond donors (Lipinski definition) is 0. The third-order valence-corrected chi connectivity index (χ3v) is 7.17. The summed E-state index contributed by atoms with van der Waals surface area (Å²) in [5.74, 6) is -1.58. The second kappa shape index (κ2) is 6.28. The molecular formula is C18H19FN2O4S. The van der Waals surface area contributed by atoms with E-state index in [0.29, 0.717) is 18.4 Å². The van der Waals surface area contributed by atoms with Gasteiger partial charge in [-0.15, -0.1) is 0 Å². The summed E-state index contributed by atoms with van der Waals surface area (Å²) in [4.78, 5) is 26.3. The molecule has 1 aromatic rings. The van der Waals surface area contributed by atoms with Crippen LogP contribution in [0.2, 0.25) is 0 Å². The Balaban J connectivity index is 1.41. The third kappa shape index (κ3) is 2.87. The van der Waals surface area contributed by atoms with E-state index in [4.69, 9.17) is 0 Å². The van der Waals surface area contributed by atoms with Crippen molar-refractivity contribution in [3.63, 3.8) is 0 Å². The van der Waals surface area contributed by atoms with Gasteiger partial charge in [-0.05, 0) is 30.5 Å². The van der Waals surface area contributed by atoms with E-state index in [9.17, 15) is 22.4 Å². The smallest absolute Gasteiger partial charge is 0.233 e. The maximum atomic E-state index is 12.9. The highest BCUT2D eigenvalue weighted by molar-refractivity contribution is 7.88. The van der Waals surface area contributed by atoms with Crippen LogP contribution in [0.5, 0.6) is 0 Å². The molecule has 0 N–H and O–H groups in total. The van der Waals surface area contributed by atoms with E-state index in [0.717, 1.165) is 0 Å². The zero-order chi connectivity index (χ0) is 18.5. The van der Waals surface area contributed by atoms with Gasteiger partial charge in [0.2, 0.25) is 21.8 Å². The zero-order valence-corrected chi connectivity index (χ0v) is 14.9. The van der Waals surface area contributed by atoms with Crippen LogP contribution in [0.3, 0.4) is 0 Å². The van der Waals surface area contributed by atoms with Crippen molar-refractivity contribution in [1.29, 1.82) is 0 Å². The van der Waals surface area contributed by atoms with Crippen LogP contribution in [-0.4, -0.2) is 48.6 Å². The van der Waals surface area contributed by atoms with Gasteiger partial charge in [0.25, 0.3) is 0 Å². The first-order chi connectivity index (χ1) is 12.4. The van der Waals surface area contributed by atoms with Crippen molar-refractivity contribution in [2.75, 3.05) is 13.1 Å².